The second-order valence-corrected chi connectivity index (χ2v) is 6.06. The van der Waals surface area contributed by atoms with Crippen LogP contribution in [0.25, 0.3) is 0 Å². The summed E-state index contributed by atoms with van der Waals surface area (Å²) >= 11 is 6.04. The number of nitrogens with zero attached hydrogens (tertiary/aromatic N) is 1. The summed E-state index contributed by atoms with van der Waals surface area (Å²) in [5.74, 6) is -0.0174. The molecule has 3 N–H and O–H groups in total. The first-order valence-electron chi connectivity index (χ1n) is 7.21. The van der Waals surface area contributed by atoms with E-state index in [9.17, 15) is 4.79 Å². The lowest BCUT2D eigenvalue weighted by Crippen LogP contribution is -2.42. The molecular weight excluding hydrogens is 274 g/mol. The third-order valence-electron chi connectivity index (χ3n) is 4.16. The zero-order chi connectivity index (χ0) is 14.6. The van der Waals surface area contributed by atoms with Crippen molar-refractivity contribution in [3.8, 4) is 0 Å². The summed E-state index contributed by atoms with van der Waals surface area (Å²) in [5, 5.41) is 3.25. The minimum absolute atomic E-state index is 0.0174. The lowest BCUT2D eigenvalue weighted by atomic mass is 9.79. The van der Waals surface area contributed by atoms with Gasteiger partial charge in [-0.05, 0) is 31.4 Å². The Kier molecular flexibility index (Phi) is 5.00. The fourth-order valence-electron chi connectivity index (χ4n) is 2.82. The van der Waals surface area contributed by atoms with E-state index in [0.717, 1.165) is 31.2 Å². The van der Waals surface area contributed by atoms with Crippen molar-refractivity contribution in [3.63, 3.8) is 0 Å². The average molecular weight is 296 g/mol. The molecule has 0 saturated heterocycles. The summed E-state index contributed by atoms with van der Waals surface area (Å²) in [6, 6.07) is 1.84. The van der Waals surface area contributed by atoms with Crippen LogP contribution in [0.4, 0.5) is 5.69 Å². The Morgan fingerprint density at radius 2 is 2.05 bits per heavy atom. The number of aromatic nitrogens is 1. The van der Waals surface area contributed by atoms with Crippen LogP contribution in [0.2, 0.25) is 5.15 Å². The van der Waals surface area contributed by atoms with Crippen molar-refractivity contribution in [2.24, 2.45) is 11.1 Å². The fourth-order valence-corrected chi connectivity index (χ4v) is 2.97. The van der Waals surface area contributed by atoms with Gasteiger partial charge < -0.3 is 11.1 Å². The number of rotatable bonds is 3. The smallest absolute Gasteiger partial charge is 0.231 e. The Balaban J connectivity index is 2.18. The SMILES string of the molecule is Cc1cnc(Cl)c(NC(=O)C2(CN)CCCCCC2)c1. The van der Waals surface area contributed by atoms with Crippen LogP contribution in [-0.2, 0) is 4.79 Å². The van der Waals surface area contributed by atoms with Crippen LogP contribution in [0, 0.1) is 12.3 Å². The van der Waals surface area contributed by atoms with Gasteiger partial charge in [0.2, 0.25) is 5.91 Å². The van der Waals surface area contributed by atoms with Gasteiger partial charge in [0.25, 0.3) is 0 Å². The molecule has 0 aliphatic heterocycles. The highest BCUT2D eigenvalue weighted by Gasteiger charge is 2.37. The van der Waals surface area contributed by atoms with E-state index in [0.29, 0.717) is 17.4 Å². The van der Waals surface area contributed by atoms with Gasteiger partial charge >= 0.3 is 0 Å². The molecule has 0 spiro atoms. The summed E-state index contributed by atoms with van der Waals surface area (Å²) in [7, 11) is 0. The van der Waals surface area contributed by atoms with Crippen LogP contribution in [-0.4, -0.2) is 17.4 Å². The molecule has 0 aromatic carbocycles. The standard InChI is InChI=1S/C15H22ClN3O/c1-11-8-12(13(16)18-9-11)19-14(20)15(10-17)6-4-2-3-5-7-15/h8-9H,2-7,10,17H2,1H3,(H,19,20). The molecule has 20 heavy (non-hydrogen) atoms. The second-order valence-electron chi connectivity index (χ2n) is 5.70. The van der Waals surface area contributed by atoms with Gasteiger partial charge in [0.1, 0.15) is 0 Å². The molecule has 0 bridgehead atoms. The minimum Gasteiger partial charge on any atom is -0.329 e. The molecule has 1 saturated carbocycles. The monoisotopic (exact) mass is 295 g/mol. The molecule has 1 aromatic rings. The Bertz CT molecular complexity index is 482. The van der Waals surface area contributed by atoms with Crippen molar-refractivity contribution in [2.75, 3.05) is 11.9 Å². The van der Waals surface area contributed by atoms with E-state index in [1.54, 1.807) is 6.20 Å². The lowest BCUT2D eigenvalue weighted by Gasteiger charge is -2.30. The van der Waals surface area contributed by atoms with E-state index in [2.05, 4.69) is 10.3 Å². The van der Waals surface area contributed by atoms with E-state index in [1.807, 2.05) is 13.0 Å². The largest absolute Gasteiger partial charge is 0.329 e. The number of hydrogen-bond acceptors (Lipinski definition) is 3. The zero-order valence-electron chi connectivity index (χ0n) is 11.9. The Hall–Kier alpha value is -1.13. The van der Waals surface area contributed by atoms with Crippen LogP contribution in [0.15, 0.2) is 12.3 Å². The normalized spacial score (nSPS) is 18.4. The maximum absolute atomic E-state index is 12.7. The molecule has 2 rings (SSSR count). The van der Waals surface area contributed by atoms with Crippen molar-refractivity contribution >= 4 is 23.2 Å². The molecule has 5 heteroatoms. The van der Waals surface area contributed by atoms with Gasteiger partial charge in [0, 0.05) is 12.7 Å². The molecule has 0 unspecified atom stereocenters. The quantitative estimate of drug-likeness (QED) is 0.664. The summed E-state index contributed by atoms with van der Waals surface area (Å²) in [4.78, 5) is 16.7. The maximum Gasteiger partial charge on any atom is 0.231 e. The minimum atomic E-state index is -0.455. The van der Waals surface area contributed by atoms with Gasteiger partial charge in [-0.25, -0.2) is 4.98 Å². The maximum atomic E-state index is 12.7. The number of hydrogen-bond donors (Lipinski definition) is 2. The number of halogens is 1. The van der Waals surface area contributed by atoms with Crippen LogP contribution in [0.5, 0.6) is 0 Å². The fraction of sp³-hybridized carbons (Fsp3) is 0.600. The van der Waals surface area contributed by atoms with Crippen molar-refractivity contribution in [1.82, 2.24) is 4.98 Å². The third-order valence-corrected chi connectivity index (χ3v) is 4.46. The molecule has 1 aliphatic carbocycles. The van der Waals surface area contributed by atoms with Crippen LogP contribution in [0.3, 0.4) is 0 Å². The first kappa shape index (κ1) is 15.3. The molecular formula is C15H22ClN3O. The van der Waals surface area contributed by atoms with Crippen molar-refractivity contribution in [1.29, 1.82) is 0 Å². The van der Waals surface area contributed by atoms with E-state index in [-0.39, 0.29) is 5.91 Å². The number of carbonyl (C=O) groups is 1. The van der Waals surface area contributed by atoms with Gasteiger partial charge in [0.15, 0.2) is 5.15 Å². The highest BCUT2D eigenvalue weighted by atomic mass is 35.5. The molecule has 1 heterocycles. The van der Waals surface area contributed by atoms with E-state index in [4.69, 9.17) is 17.3 Å². The number of anilines is 1. The van der Waals surface area contributed by atoms with Gasteiger partial charge in [-0.2, -0.15) is 0 Å². The van der Waals surface area contributed by atoms with Gasteiger partial charge in [-0.1, -0.05) is 37.3 Å². The molecule has 0 atom stereocenters. The van der Waals surface area contributed by atoms with Crippen LogP contribution < -0.4 is 11.1 Å². The first-order valence-corrected chi connectivity index (χ1v) is 7.59. The molecule has 1 fully saturated rings. The molecule has 1 aromatic heterocycles. The van der Waals surface area contributed by atoms with E-state index in [1.165, 1.54) is 12.8 Å². The van der Waals surface area contributed by atoms with Crippen LogP contribution in [0.1, 0.15) is 44.1 Å². The Morgan fingerprint density at radius 3 is 2.65 bits per heavy atom. The molecule has 1 amide bonds. The molecule has 4 nitrogen and oxygen atoms in total. The topological polar surface area (TPSA) is 68.0 Å². The predicted molar refractivity (Wildman–Crippen MR) is 81.8 cm³/mol. The molecule has 1 aliphatic rings. The van der Waals surface area contributed by atoms with E-state index < -0.39 is 5.41 Å². The summed E-state index contributed by atoms with van der Waals surface area (Å²) in [5.41, 5.74) is 7.01. The number of nitrogens with one attached hydrogen (secondary N) is 1. The number of carbonyl (C=O) groups excluding carboxylic acids is 1. The average Bonchev–Trinajstić information content (AvgIpc) is 2.69. The lowest BCUT2D eigenvalue weighted by molar-refractivity contribution is -0.125. The first-order chi connectivity index (χ1) is 9.57. The van der Waals surface area contributed by atoms with Crippen LogP contribution >= 0.6 is 11.6 Å². The summed E-state index contributed by atoms with van der Waals surface area (Å²) in [6.07, 6.45) is 7.87. The van der Waals surface area contributed by atoms with Crippen molar-refractivity contribution in [3.05, 3.63) is 23.0 Å². The van der Waals surface area contributed by atoms with Gasteiger partial charge in [0.05, 0.1) is 11.1 Å². The summed E-state index contributed by atoms with van der Waals surface area (Å²) in [6.45, 7) is 2.30. The third kappa shape index (κ3) is 3.30. The van der Waals surface area contributed by atoms with Gasteiger partial charge in [-0.15, -0.1) is 0 Å². The molecule has 0 radical (unpaired) electrons. The highest BCUT2D eigenvalue weighted by Crippen LogP contribution is 2.36. The Labute approximate surface area is 125 Å². The summed E-state index contributed by atoms with van der Waals surface area (Å²) < 4.78 is 0. The molecule has 110 valence electrons. The number of nitrogens with two attached hydrogens (primary N) is 1. The second kappa shape index (κ2) is 6.55. The number of amides is 1. The van der Waals surface area contributed by atoms with Gasteiger partial charge in [-0.3, -0.25) is 4.79 Å². The number of pyridine rings is 1. The van der Waals surface area contributed by atoms with E-state index >= 15 is 0 Å². The number of aryl methyl sites for hydroxylation is 1. The highest BCUT2D eigenvalue weighted by molar-refractivity contribution is 6.32. The zero-order valence-corrected chi connectivity index (χ0v) is 12.7. The predicted octanol–water partition coefficient (Wildman–Crippen LogP) is 3.28. The van der Waals surface area contributed by atoms with Crippen molar-refractivity contribution < 1.29 is 4.79 Å². The Morgan fingerprint density at radius 1 is 1.40 bits per heavy atom. The van der Waals surface area contributed by atoms with Crippen molar-refractivity contribution in [2.45, 2.75) is 45.4 Å².